The first-order valence-electron chi connectivity index (χ1n) is 10.2. The molecule has 0 saturated carbocycles. The lowest BCUT2D eigenvalue weighted by Crippen LogP contribution is -2.39. The van der Waals surface area contributed by atoms with Crippen molar-refractivity contribution in [3.8, 4) is 0 Å². The van der Waals surface area contributed by atoms with Crippen LogP contribution in [0.4, 0.5) is 4.79 Å². The fraction of sp³-hybridized carbons (Fsp3) is 0.947. The molecule has 0 aromatic rings. The zero-order valence-corrected chi connectivity index (χ0v) is 15.7. The molecule has 0 aromatic carbocycles. The molecule has 2 heterocycles. The minimum Gasteiger partial charge on any atom is -0.338 e. The standard InChI is InChI=1S/C19H38N4O/c1-18-8-16-23(17-9-18)15-7-11-21-19(24)20-10-6-14-22-12-4-2-3-5-13-22/h18H,2-17H2,1H3,(H2,20,21,24). The van der Waals surface area contributed by atoms with Gasteiger partial charge in [-0.3, -0.25) is 0 Å². The van der Waals surface area contributed by atoms with Gasteiger partial charge >= 0.3 is 6.03 Å². The van der Waals surface area contributed by atoms with Crippen LogP contribution >= 0.6 is 0 Å². The Bertz CT molecular complexity index is 334. The molecule has 2 aliphatic heterocycles. The maximum absolute atomic E-state index is 11.8. The number of carbonyl (C=O) groups is 1. The van der Waals surface area contributed by atoms with Gasteiger partial charge in [-0.05, 0) is 83.7 Å². The third-order valence-corrected chi connectivity index (χ3v) is 5.45. The molecule has 2 N–H and O–H groups in total. The summed E-state index contributed by atoms with van der Waals surface area (Å²) in [5.41, 5.74) is 0. The van der Waals surface area contributed by atoms with Crippen molar-refractivity contribution in [2.24, 2.45) is 5.92 Å². The average molecular weight is 339 g/mol. The predicted octanol–water partition coefficient (Wildman–Crippen LogP) is 2.67. The van der Waals surface area contributed by atoms with E-state index in [4.69, 9.17) is 0 Å². The monoisotopic (exact) mass is 338 g/mol. The highest BCUT2D eigenvalue weighted by Crippen LogP contribution is 2.15. The summed E-state index contributed by atoms with van der Waals surface area (Å²) < 4.78 is 0. The third kappa shape index (κ3) is 8.34. The normalized spacial score (nSPS) is 21.4. The molecule has 5 nitrogen and oxygen atoms in total. The van der Waals surface area contributed by atoms with Crippen LogP contribution in [-0.2, 0) is 0 Å². The summed E-state index contributed by atoms with van der Waals surface area (Å²) in [4.78, 5) is 16.9. The van der Waals surface area contributed by atoms with Crippen molar-refractivity contribution in [1.82, 2.24) is 20.4 Å². The number of amides is 2. The Morgan fingerprint density at radius 1 is 0.833 bits per heavy atom. The number of piperidine rings is 1. The van der Waals surface area contributed by atoms with Gasteiger partial charge in [-0.25, -0.2) is 4.79 Å². The van der Waals surface area contributed by atoms with Crippen LogP contribution in [0.3, 0.4) is 0 Å². The quantitative estimate of drug-likeness (QED) is 0.669. The van der Waals surface area contributed by atoms with Gasteiger partial charge in [0.2, 0.25) is 0 Å². The zero-order valence-electron chi connectivity index (χ0n) is 15.7. The summed E-state index contributed by atoms with van der Waals surface area (Å²) in [6, 6.07) is -0.00173. The average Bonchev–Trinajstić information content (AvgIpc) is 2.86. The molecule has 2 amide bonds. The second-order valence-corrected chi connectivity index (χ2v) is 7.67. The lowest BCUT2D eigenvalue weighted by Gasteiger charge is -2.30. The highest BCUT2D eigenvalue weighted by molar-refractivity contribution is 5.73. The first-order chi connectivity index (χ1) is 11.7. The van der Waals surface area contributed by atoms with Crippen molar-refractivity contribution >= 4 is 6.03 Å². The van der Waals surface area contributed by atoms with E-state index in [1.165, 1.54) is 64.7 Å². The van der Waals surface area contributed by atoms with E-state index in [2.05, 4.69) is 27.4 Å². The van der Waals surface area contributed by atoms with Gasteiger partial charge in [0, 0.05) is 13.1 Å². The van der Waals surface area contributed by atoms with E-state index in [9.17, 15) is 4.79 Å². The highest BCUT2D eigenvalue weighted by Gasteiger charge is 2.14. The van der Waals surface area contributed by atoms with Crippen molar-refractivity contribution in [3.05, 3.63) is 0 Å². The predicted molar refractivity (Wildman–Crippen MR) is 100 cm³/mol. The highest BCUT2D eigenvalue weighted by atomic mass is 16.2. The summed E-state index contributed by atoms with van der Waals surface area (Å²) in [6.07, 6.45) is 10.2. The molecule has 5 heteroatoms. The molecule has 2 rings (SSSR count). The summed E-state index contributed by atoms with van der Waals surface area (Å²) in [7, 11) is 0. The zero-order chi connectivity index (χ0) is 17.0. The van der Waals surface area contributed by atoms with Gasteiger partial charge in [-0.15, -0.1) is 0 Å². The van der Waals surface area contributed by atoms with Gasteiger partial charge in [-0.2, -0.15) is 0 Å². The lowest BCUT2D eigenvalue weighted by atomic mass is 9.99. The third-order valence-electron chi connectivity index (χ3n) is 5.45. The van der Waals surface area contributed by atoms with E-state index in [0.29, 0.717) is 0 Å². The van der Waals surface area contributed by atoms with Gasteiger partial charge < -0.3 is 20.4 Å². The Morgan fingerprint density at radius 3 is 1.88 bits per heavy atom. The smallest absolute Gasteiger partial charge is 0.314 e. The van der Waals surface area contributed by atoms with Crippen LogP contribution in [0.15, 0.2) is 0 Å². The van der Waals surface area contributed by atoms with E-state index in [1.54, 1.807) is 0 Å². The molecule has 24 heavy (non-hydrogen) atoms. The number of hydrogen-bond acceptors (Lipinski definition) is 3. The van der Waals surface area contributed by atoms with Crippen LogP contribution in [0.25, 0.3) is 0 Å². The molecular weight excluding hydrogens is 300 g/mol. The summed E-state index contributed by atoms with van der Waals surface area (Å²) >= 11 is 0. The fourth-order valence-corrected chi connectivity index (χ4v) is 3.72. The largest absolute Gasteiger partial charge is 0.338 e. The first kappa shape index (κ1) is 19.5. The Balaban J connectivity index is 1.41. The van der Waals surface area contributed by atoms with E-state index in [1.807, 2.05) is 0 Å². The molecule has 0 spiro atoms. The van der Waals surface area contributed by atoms with E-state index < -0.39 is 0 Å². The van der Waals surface area contributed by atoms with Gasteiger partial charge in [-0.1, -0.05) is 19.8 Å². The molecule has 0 bridgehead atoms. The van der Waals surface area contributed by atoms with Gasteiger partial charge in [0.1, 0.15) is 0 Å². The second-order valence-electron chi connectivity index (χ2n) is 7.67. The second kappa shape index (κ2) is 11.7. The van der Waals surface area contributed by atoms with Crippen LogP contribution in [0, 0.1) is 5.92 Å². The fourth-order valence-electron chi connectivity index (χ4n) is 3.72. The first-order valence-corrected chi connectivity index (χ1v) is 10.2. The molecule has 140 valence electrons. The molecule has 0 unspecified atom stereocenters. The van der Waals surface area contributed by atoms with Gasteiger partial charge in [0.15, 0.2) is 0 Å². The number of nitrogens with zero attached hydrogens (tertiary/aromatic N) is 2. The Hall–Kier alpha value is -0.810. The van der Waals surface area contributed by atoms with E-state index in [0.717, 1.165) is 44.9 Å². The van der Waals surface area contributed by atoms with E-state index >= 15 is 0 Å². The Labute approximate surface area is 148 Å². The van der Waals surface area contributed by atoms with Crippen molar-refractivity contribution in [3.63, 3.8) is 0 Å². The number of rotatable bonds is 8. The minimum atomic E-state index is -0.00173. The molecule has 0 aliphatic carbocycles. The molecule has 0 radical (unpaired) electrons. The van der Waals surface area contributed by atoms with Crippen LogP contribution in [0.1, 0.15) is 58.3 Å². The number of likely N-dealkylation sites (tertiary alicyclic amines) is 2. The van der Waals surface area contributed by atoms with Crippen LogP contribution in [0.2, 0.25) is 0 Å². The molecule has 2 fully saturated rings. The van der Waals surface area contributed by atoms with Crippen LogP contribution < -0.4 is 10.6 Å². The molecule has 0 aromatic heterocycles. The van der Waals surface area contributed by atoms with Crippen LogP contribution in [-0.4, -0.2) is 68.2 Å². The van der Waals surface area contributed by atoms with Crippen molar-refractivity contribution in [2.75, 3.05) is 52.4 Å². The topological polar surface area (TPSA) is 47.6 Å². The van der Waals surface area contributed by atoms with Crippen molar-refractivity contribution in [2.45, 2.75) is 58.3 Å². The van der Waals surface area contributed by atoms with Gasteiger partial charge in [0.05, 0.1) is 0 Å². The molecule has 2 aliphatic rings. The summed E-state index contributed by atoms with van der Waals surface area (Å²) in [6.45, 7) is 11.1. The molecule has 2 saturated heterocycles. The summed E-state index contributed by atoms with van der Waals surface area (Å²) in [5, 5.41) is 5.98. The van der Waals surface area contributed by atoms with Crippen molar-refractivity contribution < 1.29 is 4.79 Å². The van der Waals surface area contributed by atoms with Gasteiger partial charge in [0.25, 0.3) is 0 Å². The number of nitrogens with one attached hydrogen (secondary N) is 2. The number of hydrogen-bond donors (Lipinski definition) is 2. The van der Waals surface area contributed by atoms with E-state index in [-0.39, 0.29) is 6.03 Å². The minimum absolute atomic E-state index is 0.00173. The van der Waals surface area contributed by atoms with Crippen molar-refractivity contribution in [1.29, 1.82) is 0 Å². The maximum atomic E-state index is 11.8. The summed E-state index contributed by atoms with van der Waals surface area (Å²) in [5.74, 6) is 0.888. The molecule has 0 atom stereocenters. The number of carbonyl (C=O) groups excluding carboxylic acids is 1. The molecular formula is C19H38N4O. The Kier molecular flexibility index (Phi) is 9.51. The van der Waals surface area contributed by atoms with Crippen LogP contribution in [0.5, 0.6) is 0 Å². The maximum Gasteiger partial charge on any atom is 0.314 e. The number of urea groups is 1. The SMILES string of the molecule is CC1CCN(CCCNC(=O)NCCCN2CCCCCC2)CC1. The Morgan fingerprint density at radius 2 is 1.33 bits per heavy atom. The lowest BCUT2D eigenvalue weighted by molar-refractivity contribution is 0.190.